The number of hydrogen-bond donors (Lipinski definition) is 0. The van der Waals surface area contributed by atoms with Crippen molar-refractivity contribution in [2.75, 3.05) is 43.4 Å². The zero-order valence-corrected chi connectivity index (χ0v) is 13.8. The minimum Gasteiger partial charge on any atom is -0.378 e. The number of anilines is 1. The lowest BCUT2D eigenvalue weighted by molar-refractivity contribution is -0.133. The molecule has 2 aliphatic rings. The van der Waals surface area contributed by atoms with Crippen LogP contribution in [0.25, 0.3) is 0 Å². The van der Waals surface area contributed by atoms with Crippen LogP contribution in [0, 0.1) is 0 Å². The molecule has 0 unspecified atom stereocenters. The minimum atomic E-state index is -3.56. The number of ether oxygens (including phenoxy) is 2. The van der Waals surface area contributed by atoms with Gasteiger partial charge in [0.05, 0.1) is 38.4 Å². The molecule has 0 saturated carbocycles. The molecule has 3 rings (SSSR count). The van der Waals surface area contributed by atoms with Crippen LogP contribution in [0.15, 0.2) is 18.2 Å². The summed E-state index contributed by atoms with van der Waals surface area (Å²) in [6.07, 6.45) is 1.11. The predicted molar refractivity (Wildman–Crippen MR) is 84.5 cm³/mol. The molecule has 7 nitrogen and oxygen atoms in total. The average molecular weight is 340 g/mol. The number of carbonyl (C=O) groups is 1. The monoisotopic (exact) mass is 340 g/mol. The van der Waals surface area contributed by atoms with Crippen LogP contribution < -0.4 is 4.31 Å². The number of sulfonamides is 1. The standard InChI is InChI=1S/C15H20N2O5S/c1-23(19,20)17(9-15(18)16-4-6-21-7-5-16)14-3-2-12-10-22-11-13(12)8-14/h2-3,8H,4-7,9-11H2,1H3. The van der Waals surface area contributed by atoms with Crippen molar-refractivity contribution in [3.63, 3.8) is 0 Å². The van der Waals surface area contributed by atoms with E-state index in [-0.39, 0.29) is 12.5 Å². The molecular weight excluding hydrogens is 320 g/mol. The number of fused-ring (bicyclic) bond motifs is 1. The van der Waals surface area contributed by atoms with Gasteiger partial charge in [-0.3, -0.25) is 9.10 Å². The SMILES string of the molecule is CS(=O)(=O)N(CC(=O)N1CCOCC1)c1ccc2c(c1)COC2. The number of morpholine rings is 1. The number of amides is 1. The molecule has 0 bridgehead atoms. The maximum Gasteiger partial charge on any atom is 0.243 e. The summed E-state index contributed by atoms with van der Waals surface area (Å²) in [7, 11) is -3.56. The third kappa shape index (κ3) is 3.65. The van der Waals surface area contributed by atoms with Crippen LogP contribution in [-0.2, 0) is 37.5 Å². The normalized spacial score (nSPS) is 17.9. The molecule has 126 valence electrons. The van der Waals surface area contributed by atoms with Gasteiger partial charge in [0, 0.05) is 13.1 Å². The molecule has 0 spiro atoms. The third-order valence-electron chi connectivity index (χ3n) is 4.04. The van der Waals surface area contributed by atoms with Crippen molar-refractivity contribution in [2.24, 2.45) is 0 Å². The van der Waals surface area contributed by atoms with E-state index in [1.165, 1.54) is 0 Å². The summed E-state index contributed by atoms with van der Waals surface area (Å²) in [4.78, 5) is 14.0. The molecule has 2 heterocycles. The van der Waals surface area contributed by atoms with Gasteiger partial charge < -0.3 is 14.4 Å². The molecule has 1 saturated heterocycles. The maximum absolute atomic E-state index is 12.4. The third-order valence-corrected chi connectivity index (χ3v) is 5.18. The topological polar surface area (TPSA) is 76.2 Å². The fourth-order valence-electron chi connectivity index (χ4n) is 2.75. The Labute approximate surface area is 135 Å². The Morgan fingerprint density at radius 1 is 1.17 bits per heavy atom. The Kier molecular flexibility index (Phi) is 4.56. The highest BCUT2D eigenvalue weighted by atomic mass is 32.2. The van der Waals surface area contributed by atoms with Crippen molar-refractivity contribution < 1.29 is 22.7 Å². The van der Waals surface area contributed by atoms with Crippen LogP contribution in [0.1, 0.15) is 11.1 Å². The summed E-state index contributed by atoms with van der Waals surface area (Å²) in [6.45, 7) is 2.78. The first kappa shape index (κ1) is 16.2. The van der Waals surface area contributed by atoms with Crippen LogP contribution in [0.5, 0.6) is 0 Å². The Hall–Kier alpha value is -1.64. The lowest BCUT2D eigenvalue weighted by atomic mass is 10.1. The molecule has 0 atom stereocenters. The zero-order valence-electron chi connectivity index (χ0n) is 13.0. The summed E-state index contributed by atoms with van der Waals surface area (Å²) in [5.74, 6) is -0.213. The smallest absolute Gasteiger partial charge is 0.243 e. The molecule has 1 amide bonds. The Bertz CT molecular complexity index is 698. The highest BCUT2D eigenvalue weighted by molar-refractivity contribution is 7.92. The summed E-state index contributed by atoms with van der Waals surface area (Å²) < 4.78 is 36.0. The van der Waals surface area contributed by atoms with E-state index < -0.39 is 10.0 Å². The summed E-state index contributed by atoms with van der Waals surface area (Å²) in [5, 5.41) is 0. The van der Waals surface area contributed by atoms with Crippen molar-refractivity contribution in [3.8, 4) is 0 Å². The van der Waals surface area contributed by atoms with E-state index in [0.717, 1.165) is 21.7 Å². The van der Waals surface area contributed by atoms with Gasteiger partial charge in [-0.2, -0.15) is 0 Å². The van der Waals surface area contributed by atoms with E-state index in [1.807, 2.05) is 6.07 Å². The first-order valence-electron chi connectivity index (χ1n) is 7.48. The Morgan fingerprint density at radius 3 is 2.57 bits per heavy atom. The molecule has 0 aliphatic carbocycles. The fraction of sp³-hybridized carbons (Fsp3) is 0.533. The highest BCUT2D eigenvalue weighted by Crippen LogP contribution is 2.26. The molecular formula is C15H20N2O5S. The Balaban J connectivity index is 1.82. The fourth-order valence-corrected chi connectivity index (χ4v) is 3.59. The van der Waals surface area contributed by atoms with E-state index >= 15 is 0 Å². The highest BCUT2D eigenvalue weighted by Gasteiger charge is 2.26. The average Bonchev–Trinajstić information content (AvgIpc) is 2.99. The van der Waals surface area contributed by atoms with Crippen LogP contribution >= 0.6 is 0 Å². The largest absolute Gasteiger partial charge is 0.378 e. The molecule has 1 aromatic carbocycles. The summed E-state index contributed by atoms with van der Waals surface area (Å²) in [5.41, 5.74) is 2.52. The predicted octanol–water partition coefficient (Wildman–Crippen LogP) is 0.342. The van der Waals surface area contributed by atoms with E-state index in [9.17, 15) is 13.2 Å². The number of carbonyl (C=O) groups excluding carboxylic acids is 1. The molecule has 0 N–H and O–H groups in total. The van der Waals surface area contributed by atoms with Crippen LogP contribution in [0.2, 0.25) is 0 Å². The van der Waals surface area contributed by atoms with Gasteiger partial charge in [-0.1, -0.05) is 6.07 Å². The van der Waals surface area contributed by atoms with Crippen molar-refractivity contribution >= 4 is 21.6 Å². The number of benzene rings is 1. The van der Waals surface area contributed by atoms with Gasteiger partial charge in [0.15, 0.2) is 0 Å². The van der Waals surface area contributed by atoms with Crippen molar-refractivity contribution in [2.45, 2.75) is 13.2 Å². The van der Waals surface area contributed by atoms with Crippen molar-refractivity contribution in [1.29, 1.82) is 0 Å². The first-order valence-corrected chi connectivity index (χ1v) is 9.33. The molecule has 23 heavy (non-hydrogen) atoms. The molecule has 0 aromatic heterocycles. The van der Waals surface area contributed by atoms with Crippen LogP contribution in [0.4, 0.5) is 5.69 Å². The van der Waals surface area contributed by atoms with Gasteiger partial charge in [-0.25, -0.2) is 8.42 Å². The van der Waals surface area contributed by atoms with Gasteiger partial charge in [0.25, 0.3) is 0 Å². The number of rotatable bonds is 4. The van der Waals surface area contributed by atoms with Gasteiger partial charge in [0.2, 0.25) is 15.9 Å². The van der Waals surface area contributed by atoms with E-state index in [4.69, 9.17) is 9.47 Å². The quantitative estimate of drug-likeness (QED) is 0.790. The summed E-state index contributed by atoms with van der Waals surface area (Å²) >= 11 is 0. The van der Waals surface area contributed by atoms with E-state index in [1.54, 1.807) is 17.0 Å². The van der Waals surface area contributed by atoms with Gasteiger partial charge >= 0.3 is 0 Å². The molecule has 8 heteroatoms. The van der Waals surface area contributed by atoms with Crippen molar-refractivity contribution in [3.05, 3.63) is 29.3 Å². The zero-order chi connectivity index (χ0) is 16.4. The van der Waals surface area contributed by atoms with Gasteiger partial charge in [-0.15, -0.1) is 0 Å². The number of nitrogens with zero attached hydrogens (tertiary/aromatic N) is 2. The lowest BCUT2D eigenvalue weighted by Crippen LogP contribution is -2.47. The van der Waals surface area contributed by atoms with Crippen LogP contribution in [0.3, 0.4) is 0 Å². The maximum atomic E-state index is 12.4. The number of hydrogen-bond acceptors (Lipinski definition) is 5. The molecule has 2 aliphatic heterocycles. The second-order valence-corrected chi connectivity index (χ2v) is 7.62. The van der Waals surface area contributed by atoms with Gasteiger partial charge in [-0.05, 0) is 23.3 Å². The Morgan fingerprint density at radius 2 is 1.87 bits per heavy atom. The van der Waals surface area contributed by atoms with E-state index in [0.29, 0.717) is 45.2 Å². The second kappa shape index (κ2) is 6.46. The first-order chi connectivity index (χ1) is 10.9. The van der Waals surface area contributed by atoms with Gasteiger partial charge in [0.1, 0.15) is 6.54 Å². The van der Waals surface area contributed by atoms with Crippen molar-refractivity contribution in [1.82, 2.24) is 4.90 Å². The summed E-state index contributed by atoms with van der Waals surface area (Å²) in [6, 6.07) is 5.37. The molecule has 1 fully saturated rings. The lowest BCUT2D eigenvalue weighted by Gasteiger charge is -2.30. The molecule has 0 radical (unpaired) electrons. The second-order valence-electron chi connectivity index (χ2n) is 5.71. The van der Waals surface area contributed by atoms with E-state index in [2.05, 4.69) is 0 Å². The van der Waals surface area contributed by atoms with Crippen LogP contribution in [-0.4, -0.2) is 58.3 Å². The minimum absolute atomic E-state index is 0.196. The molecule has 1 aromatic rings.